The van der Waals surface area contributed by atoms with E-state index < -0.39 is 5.82 Å². The highest BCUT2D eigenvalue weighted by atomic mass is 19.1. The van der Waals surface area contributed by atoms with Crippen LogP contribution in [0.4, 0.5) is 4.39 Å². The largest absolute Gasteiger partial charge is 0.462 e. The first-order valence-electron chi connectivity index (χ1n) is 7.64. The molecule has 1 fully saturated rings. The van der Waals surface area contributed by atoms with Crippen molar-refractivity contribution in [1.29, 1.82) is 5.26 Å². The Bertz CT molecular complexity index is 583. The first-order valence-corrected chi connectivity index (χ1v) is 7.64. The summed E-state index contributed by atoms with van der Waals surface area (Å²) in [5.41, 5.74) is 1.00. The quantitative estimate of drug-likeness (QED) is 0.604. The monoisotopic (exact) mass is 301 g/mol. The van der Waals surface area contributed by atoms with Crippen LogP contribution in [0.25, 0.3) is 0 Å². The van der Waals surface area contributed by atoms with Crippen molar-refractivity contribution >= 4 is 5.97 Å². The van der Waals surface area contributed by atoms with E-state index in [0.717, 1.165) is 31.2 Å². The van der Waals surface area contributed by atoms with E-state index in [2.05, 4.69) is 6.58 Å². The van der Waals surface area contributed by atoms with E-state index in [1.54, 1.807) is 6.08 Å². The van der Waals surface area contributed by atoms with E-state index in [0.29, 0.717) is 12.8 Å². The van der Waals surface area contributed by atoms with Crippen molar-refractivity contribution < 1.29 is 13.9 Å². The summed E-state index contributed by atoms with van der Waals surface area (Å²) in [4.78, 5) is 11.6. The Morgan fingerprint density at radius 1 is 1.41 bits per heavy atom. The Morgan fingerprint density at radius 2 is 2.14 bits per heavy atom. The molecule has 0 spiro atoms. The second-order valence-electron chi connectivity index (χ2n) is 5.64. The maximum absolute atomic E-state index is 13.7. The Labute approximate surface area is 130 Å². The molecule has 1 aliphatic carbocycles. The second kappa shape index (κ2) is 7.74. The summed E-state index contributed by atoms with van der Waals surface area (Å²) in [5.74, 6) is -0.365. The van der Waals surface area contributed by atoms with Crippen molar-refractivity contribution in [1.82, 2.24) is 0 Å². The third-order valence-electron chi connectivity index (χ3n) is 4.11. The molecular formula is C18H20FNO2. The lowest BCUT2D eigenvalue weighted by molar-refractivity contribution is -0.150. The van der Waals surface area contributed by atoms with Crippen LogP contribution in [-0.2, 0) is 9.53 Å². The molecule has 0 unspecified atom stereocenters. The minimum Gasteiger partial charge on any atom is -0.462 e. The van der Waals surface area contributed by atoms with E-state index in [-0.39, 0.29) is 23.6 Å². The van der Waals surface area contributed by atoms with Gasteiger partial charge in [0.2, 0.25) is 0 Å². The van der Waals surface area contributed by atoms with Gasteiger partial charge in [-0.25, -0.2) is 4.39 Å². The molecule has 3 nitrogen and oxygen atoms in total. The molecule has 0 bridgehead atoms. The predicted molar refractivity (Wildman–Crippen MR) is 81.6 cm³/mol. The minimum atomic E-state index is -0.460. The summed E-state index contributed by atoms with van der Waals surface area (Å²) in [7, 11) is 0. The third-order valence-corrected chi connectivity index (χ3v) is 4.11. The van der Waals surface area contributed by atoms with Crippen LogP contribution in [0.15, 0.2) is 30.9 Å². The van der Waals surface area contributed by atoms with E-state index in [1.807, 2.05) is 12.1 Å². The topological polar surface area (TPSA) is 50.1 Å². The van der Waals surface area contributed by atoms with Crippen LogP contribution >= 0.6 is 0 Å². The van der Waals surface area contributed by atoms with Crippen LogP contribution in [0.5, 0.6) is 0 Å². The van der Waals surface area contributed by atoms with E-state index >= 15 is 0 Å². The molecule has 1 aliphatic rings. The Hall–Kier alpha value is -2.15. The van der Waals surface area contributed by atoms with Gasteiger partial charge in [-0.3, -0.25) is 4.79 Å². The van der Waals surface area contributed by atoms with Crippen LogP contribution in [-0.4, -0.2) is 12.1 Å². The first kappa shape index (κ1) is 16.2. The van der Waals surface area contributed by atoms with Gasteiger partial charge in [-0.05, 0) is 55.7 Å². The number of nitrogens with zero attached hydrogens (tertiary/aromatic N) is 1. The van der Waals surface area contributed by atoms with Crippen molar-refractivity contribution in [3.8, 4) is 6.07 Å². The fourth-order valence-electron chi connectivity index (χ4n) is 2.85. The standard InChI is InChI=1S/C18H20FNO2/c1-2-3-4-18(21)22-16-9-7-13(8-10-16)14-5-6-15(12-20)17(19)11-14/h2,5-6,11,13,16H,1,3-4,7-10H2. The summed E-state index contributed by atoms with van der Waals surface area (Å²) >= 11 is 0. The Kier molecular flexibility index (Phi) is 5.71. The molecule has 0 aliphatic heterocycles. The Balaban J connectivity index is 1.87. The average Bonchev–Trinajstić information content (AvgIpc) is 2.53. The number of esters is 1. The highest BCUT2D eigenvalue weighted by molar-refractivity contribution is 5.69. The third kappa shape index (κ3) is 4.17. The molecule has 4 heteroatoms. The molecule has 0 amide bonds. The molecule has 0 atom stereocenters. The number of allylic oxidation sites excluding steroid dienone is 1. The summed E-state index contributed by atoms with van der Waals surface area (Å²) in [5, 5.41) is 8.76. The minimum absolute atomic E-state index is 0.0307. The maximum atomic E-state index is 13.7. The predicted octanol–water partition coefficient (Wildman–Crippen LogP) is 4.23. The summed E-state index contributed by atoms with van der Waals surface area (Å²) in [6, 6.07) is 6.65. The zero-order chi connectivity index (χ0) is 15.9. The number of rotatable bonds is 5. The lowest BCUT2D eigenvalue weighted by atomic mass is 9.82. The molecule has 0 saturated heterocycles. The van der Waals surface area contributed by atoms with Gasteiger partial charge in [-0.2, -0.15) is 5.26 Å². The molecular weight excluding hydrogens is 281 g/mol. The smallest absolute Gasteiger partial charge is 0.306 e. The Morgan fingerprint density at radius 3 is 2.73 bits per heavy atom. The number of carbonyl (C=O) groups is 1. The highest BCUT2D eigenvalue weighted by Crippen LogP contribution is 2.34. The van der Waals surface area contributed by atoms with Crippen LogP contribution in [0.3, 0.4) is 0 Å². The van der Waals surface area contributed by atoms with E-state index in [1.165, 1.54) is 12.1 Å². The molecule has 0 aromatic heterocycles. The molecule has 0 heterocycles. The van der Waals surface area contributed by atoms with Gasteiger partial charge in [0.05, 0.1) is 5.56 Å². The number of hydrogen-bond acceptors (Lipinski definition) is 3. The lowest BCUT2D eigenvalue weighted by Crippen LogP contribution is -2.23. The summed E-state index contributed by atoms with van der Waals surface area (Å²) in [6.45, 7) is 3.58. The number of benzene rings is 1. The van der Waals surface area contributed by atoms with Gasteiger partial charge in [0.15, 0.2) is 0 Å². The van der Waals surface area contributed by atoms with Gasteiger partial charge in [0.25, 0.3) is 0 Å². The van der Waals surface area contributed by atoms with Crippen molar-refractivity contribution in [3.05, 3.63) is 47.8 Å². The van der Waals surface area contributed by atoms with E-state index in [4.69, 9.17) is 10.00 Å². The first-order chi connectivity index (χ1) is 10.6. The van der Waals surface area contributed by atoms with Gasteiger partial charge >= 0.3 is 5.97 Å². The number of ether oxygens (including phenoxy) is 1. The zero-order valence-corrected chi connectivity index (χ0v) is 12.6. The fourth-order valence-corrected chi connectivity index (χ4v) is 2.85. The second-order valence-corrected chi connectivity index (χ2v) is 5.64. The summed E-state index contributed by atoms with van der Waals surface area (Å²) in [6.07, 6.45) is 6.02. The van der Waals surface area contributed by atoms with Crippen LogP contribution in [0.1, 0.15) is 55.6 Å². The molecule has 116 valence electrons. The van der Waals surface area contributed by atoms with Crippen LogP contribution < -0.4 is 0 Å². The molecule has 2 rings (SSSR count). The highest BCUT2D eigenvalue weighted by Gasteiger charge is 2.25. The number of carbonyl (C=O) groups excluding carboxylic acids is 1. The normalized spacial score (nSPS) is 20.9. The van der Waals surface area contributed by atoms with Gasteiger partial charge in [0.1, 0.15) is 18.0 Å². The maximum Gasteiger partial charge on any atom is 0.306 e. The number of halogens is 1. The van der Waals surface area contributed by atoms with Gasteiger partial charge in [-0.15, -0.1) is 6.58 Å². The van der Waals surface area contributed by atoms with Gasteiger partial charge in [-0.1, -0.05) is 12.1 Å². The SMILES string of the molecule is C=CCCC(=O)OC1CCC(c2ccc(C#N)c(F)c2)CC1. The van der Waals surface area contributed by atoms with Crippen molar-refractivity contribution in [3.63, 3.8) is 0 Å². The summed E-state index contributed by atoms with van der Waals surface area (Å²) < 4.78 is 19.1. The lowest BCUT2D eigenvalue weighted by Gasteiger charge is -2.28. The molecule has 0 radical (unpaired) electrons. The molecule has 1 aromatic rings. The molecule has 0 N–H and O–H groups in total. The number of nitriles is 1. The average molecular weight is 301 g/mol. The molecule has 1 saturated carbocycles. The fraction of sp³-hybridized carbons (Fsp3) is 0.444. The van der Waals surface area contributed by atoms with Crippen molar-refractivity contribution in [2.24, 2.45) is 0 Å². The molecule has 1 aromatic carbocycles. The van der Waals surface area contributed by atoms with Crippen molar-refractivity contribution in [2.45, 2.75) is 50.5 Å². The molecule has 22 heavy (non-hydrogen) atoms. The van der Waals surface area contributed by atoms with Crippen LogP contribution in [0, 0.1) is 17.1 Å². The van der Waals surface area contributed by atoms with Gasteiger partial charge < -0.3 is 4.74 Å². The van der Waals surface area contributed by atoms with Crippen molar-refractivity contribution in [2.75, 3.05) is 0 Å². The zero-order valence-electron chi connectivity index (χ0n) is 12.6. The van der Waals surface area contributed by atoms with E-state index in [9.17, 15) is 9.18 Å². The van der Waals surface area contributed by atoms with Crippen LogP contribution in [0.2, 0.25) is 0 Å². The number of hydrogen-bond donors (Lipinski definition) is 0. The van der Waals surface area contributed by atoms with Gasteiger partial charge in [0, 0.05) is 6.42 Å².